The number of aromatic nitrogens is 2. The van der Waals surface area contributed by atoms with Gasteiger partial charge in [-0.25, -0.2) is 0 Å². The van der Waals surface area contributed by atoms with Crippen LogP contribution in [0.4, 0.5) is 0 Å². The van der Waals surface area contributed by atoms with Crippen LogP contribution >= 0.6 is 0 Å². The number of carbonyl (C=O) groups is 1. The van der Waals surface area contributed by atoms with Gasteiger partial charge in [0.15, 0.2) is 0 Å². The van der Waals surface area contributed by atoms with E-state index in [2.05, 4.69) is 34.3 Å². The summed E-state index contributed by atoms with van der Waals surface area (Å²) in [6.45, 7) is 4.76. The molecule has 1 N–H and O–H groups in total. The summed E-state index contributed by atoms with van der Waals surface area (Å²) in [7, 11) is 1.95. The average Bonchev–Trinajstić information content (AvgIpc) is 3.26. The quantitative estimate of drug-likeness (QED) is 0.877. The highest BCUT2D eigenvalue weighted by atomic mass is 16.4. The lowest BCUT2D eigenvalue weighted by Gasteiger charge is -2.39. The molecule has 1 aromatic heterocycles. The Morgan fingerprint density at radius 2 is 1.96 bits per heavy atom. The number of likely N-dealkylation sites (tertiary alicyclic amines) is 2. The molecular weight excluding hydrogens is 340 g/mol. The van der Waals surface area contributed by atoms with Gasteiger partial charge in [0.25, 0.3) is 0 Å². The molecule has 0 bridgehead atoms. The SMILES string of the molecule is CN1CC2(CCN(Cc3cccc(Cn4cccn4)c3)CC2)C[C@@H]1C(=O)O. The minimum Gasteiger partial charge on any atom is -0.480 e. The van der Waals surface area contributed by atoms with Crippen LogP contribution in [0.5, 0.6) is 0 Å². The summed E-state index contributed by atoms with van der Waals surface area (Å²) in [5, 5.41) is 13.7. The van der Waals surface area contributed by atoms with Crippen molar-refractivity contribution in [1.29, 1.82) is 0 Å². The molecular formula is C21H28N4O2. The summed E-state index contributed by atoms with van der Waals surface area (Å²) in [6.07, 6.45) is 6.77. The molecule has 27 heavy (non-hydrogen) atoms. The molecule has 6 nitrogen and oxygen atoms in total. The van der Waals surface area contributed by atoms with Gasteiger partial charge >= 0.3 is 5.97 Å². The van der Waals surface area contributed by atoms with E-state index in [4.69, 9.17) is 0 Å². The lowest BCUT2D eigenvalue weighted by molar-refractivity contribution is -0.141. The molecule has 0 saturated carbocycles. The molecule has 2 fully saturated rings. The van der Waals surface area contributed by atoms with Crippen molar-refractivity contribution in [3.8, 4) is 0 Å². The minimum atomic E-state index is -0.675. The molecule has 2 aliphatic rings. The molecule has 1 atom stereocenters. The molecule has 144 valence electrons. The predicted octanol–water partition coefficient (Wildman–Crippen LogP) is 2.30. The van der Waals surface area contributed by atoms with E-state index >= 15 is 0 Å². The highest BCUT2D eigenvalue weighted by Crippen LogP contribution is 2.43. The summed E-state index contributed by atoms with van der Waals surface area (Å²) >= 11 is 0. The van der Waals surface area contributed by atoms with Crippen molar-refractivity contribution < 1.29 is 9.90 Å². The molecule has 3 heterocycles. The number of nitrogens with zero attached hydrogens (tertiary/aromatic N) is 4. The Morgan fingerprint density at radius 1 is 1.22 bits per heavy atom. The zero-order chi connectivity index (χ0) is 18.9. The lowest BCUT2D eigenvalue weighted by atomic mass is 9.76. The molecule has 0 radical (unpaired) electrons. The maximum absolute atomic E-state index is 11.4. The van der Waals surface area contributed by atoms with Crippen LogP contribution in [0.3, 0.4) is 0 Å². The van der Waals surface area contributed by atoms with Gasteiger partial charge in [-0.15, -0.1) is 0 Å². The third-order valence-electron chi connectivity index (χ3n) is 6.25. The molecule has 1 aromatic carbocycles. The second kappa shape index (κ2) is 7.44. The third-order valence-corrected chi connectivity index (χ3v) is 6.25. The minimum absolute atomic E-state index is 0.191. The van der Waals surface area contributed by atoms with Crippen LogP contribution in [-0.2, 0) is 17.9 Å². The number of rotatable bonds is 5. The van der Waals surface area contributed by atoms with Gasteiger partial charge in [0.1, 0.15) is 6.04 Å². The Kier molecular flexibility index (Phi) is 5.02. The van der Waals surface area contributed by atoms with Crippen LogP contribution in [0, 0.1) is 5.41 Å². The topological polar surface area (TPSA) is 61.6 Å². The van der Waals surface area contributed by atoms with Crippen LogP contribution in [0.15, 0.2) is 42.7 Å². The second-order valence-corrected chi connectivity index (χ2v) is 8.27. The first-order chi connectivity index (χ1) is 13.0. The molecule has 2 aromatic rings. The van der Waals surface area contributed by atoms with Gasteiger partial charge in [0, 0.05) is 25.5 Å². The fraction of sp³-hybridized carbons (Fsp3) is 0.524. The molecule has 2 aliphatic heterocycles. The molecule has 2 saturated heterocycles. The van der Waals surface area contributed by atoms with Crippen molar-refractivity contribution in [3.05, 3.63) is 53.9 Å². The van der Waals surface area contributed by atoms with E-state index in [1.807, 2.05) is 35.1 Å². The number of piperidine rings is 1. The van der Waals surface area contributed by atoms with E-state index in [0.29, 0.717) is 0 Å². The summed E-state index contributed by atoms with van der Waals surface area (Å²) in [6, 6.07) is 10.4. The Hall–Kier alpha value is -2.18. The van der Waals surface area contributed by atoms with Crippen LogP contribution < -0.4 is 0 Å². The second-order valence-electron chi connectivity index (χ2n) is 8.27. The average molecular weight is 368 g/mol. The van der Waals surface area contributed by atoms with E-state index in [-0.39, 0.29) is 11.5 Å². The first-order valence-electron chi connectivity index (χ1n) is 9.74. The summed E-state index contributed by atoms with van der Waals surface area (Å²) in [5.41, 5.74) is 2.80. The Morgan fingerprint density at radius 3 is 2.59 bits per heavy atom. The highest BCUT2D eigenvalue weighted by Gasteiger charge is 2.46. The normalized spacial score (nSPS) is 23.1. The Bertz CT molecular complexity index is 781. The van der Waals surface area contributed by atoms with Crippen LogP contribution in [-0.4, -0.2) is 63.4 Å². The zero-order valence-corrected chi connectivity index (χ0v) is 15.9. The summed E-state index contributed by atoms with van der Waals surface area (Å²) in [5.74, 6) is -0.675. The molecule has 0 amide bonds. The van der Waals surface area contributed by atoms with Gasteiger partial charge in [-0.05, 0) is 62.0 Å². The van der Waals surface area contributed by atoms with Crippen molar-refractivity contribution in [3.63, 3.8) is 0 Å². The predicted molar refractivity (Wildman–Crippen MR) is 103 cm³/mol. The molecule has 1 spiro atoms. The first-order valence-corrected chi connectivity index (χ1v) is 9.74. The molecule has 0 aliphatic carbocycles. The van der Waals surface area contributed by atoms with Gasteiger partial charge in [-0.1, -0.05) is 24.3 Å². The summed E-state index contributed by atoms with van der Waals surface area (Å²) in [4.78, 5) is 16.0. The van der Waals surface area contributed by atoms with E-state index in [9.17, 15) is 9.90 Å². The van der Waals surface area contributed by atoms with Gasteiger partial charge in [-0.3, -0.25) is 19.3 Å². The fourth-order valence-corrected chi connectivity index (χ4v) is 4.76. The van der Waals surface area contributed by atoms with E-state index in [0.717, 1.165) is 52.0 Å². The van der Waals surface area contributed by atoms with Gasteiger partial charge in [-0.2, -0.15) is 5.10 Å². The molecule has 0 unspecified atom stereocenters. The number of hydrogen-bond acceptors (Lipinski definition) is 4. The van der Waals surface area contributed by atoms with Gasteiger partial charge in [0.05, 0.1) is 6.54 Å². The number of carboxylic acids is 1. The van der Waals surface area contributed by atoms with Gasteiger partial charge < -0.3 is 5.11 Å². The molecule has 4 rings (SSSR count). The Balaban J connectivity index is 1.34. The number of benzene rings is 1. The van der Waals surface area contributed by atoms with Crippen LogP contribution in [0.25, 0.3) is 0 Å². The number of aliphatic carboxylic acids is 1. The zero-order valence-electron chi connectivity index (χ0n) is 15.9. The van der Waals surface area contributed by atoms with E-state index in [1.165, 1.54) is 11.1 Å². The summed E-state index contributed by atoms with van der Waals surface area (Å²) < 4.78 is 1.94. The van der Waals surface area contributed by atoms with Crippen molar-refractivity contribution in [1.82, 2.24) is 19.6 Å². The monoisotopic (exact) mass is 368 g/mol. The van der Waals surface area contributed by atoms with E-state index < -0.39 is 5.97 Å². The van der Waals surface area contributed by atoms with Crippen LogP contribution in [0.2, 0.25) is 0 Å². The fourth-order valence-electron chi connectivity index (χ4n) is 4.76. The maximum atomic E-state index is 11.4. The number of likely N-dealkylation sites (N-methyl/N-ethyl adjacent to an activating group) is 1. The van der Waals surface area contributed by atoms with Crippen molar-refractivity contribution in [2.75, 3.05) is 26.7 Å². The molecule has 6 heteroatoms. The van der Waals surface area contributed by atoms with Crippen LogP contribution in [0.1, 0.15) is 30.4 Å². The Labute approximate surface area is 160 Å². The smallest absolute Gasteiger partial charge is 0.320 e. The lowest BCUT2D eigenvalue weighted by Crippen LogP contribution is -2.40. The third kappa shape index (κ3) is 4.06. The van der Waals surface area contributed by atoms with Crippen molar-refractivity contribution in [2.45, 2.75) is 38.4 Å². The van der Waals surface area contributed by atoms with E-state index in [1.54, 1.807) is 0 Å². The standard InChI is InChI=1S/C21H28N4O2/c1-23-16-21(13-19(23)20(26)27)6-10-24(11-7-21)14-17-4-2-5-18(12-17)15-25-9-3-8-22-25/h2-5,8-9,12,19H,6-7,10-11,13-16H2,1H3,(H,26,27)/t19-/m1/s1. The van der Waals surface area contributed by atoms with Crippen molar-refractivity contribution in [2.24, 2.45) is 5.41 Å². The maximum Gasteiger partial charge on any atom is 0.320 e. The number of carboxylic acid groups (broad SMARTS) is 1. The highest BCUT2D eigenvalue weighted by molar-refractivity contribution is 5.74. The largest absolute Gasteiger partial charge is 0.480 e. The van der Waals surface area contributed by atoms with Gasteiger partial charge in [0.2, 0.25) is 0 Å². The van der Waals surface area contributed by atoms with Crippen molar-refractivity contribution >= 4 is 5.97 Å². The first kappa shape index (κ1) is 18.2. The number of hydrogen-bond donors (Lipinski definition) is 1.